The third kappa shape index (κ3) is 4.21. The lowest BCUT2D eigenvalue weighted by Gasteiger charge is -2.09. The highest BCUT2D eigenvalue weighted by Crippen LogP contribution is 2.25. The van der Waals surface area contributed by atoms with Crippen molar-refractivity contribution in [2.75, 3.05) is 20.3 Å². The molecule has 0 aliphatic rings. The van der Waals surface area contributed by atoms with Crippen LogP contribution in [0.25, 0.3) is 0 Å². The van der Waals surface area contributed by atoms with Crippen LogP contribution in [0.2, 0.25) is 0 Å². The van der Waals surface area contributed by atoms with Crippen LogP contribution >= 0.6 is 0 Å². The van der Waals surface area contributed by atoms with Gasteiger partial charge in [0.2, 0.25) is 0 Å². The fraction of sp³-hybridized carbons (Fsp3) is 0.500. The molecule has 0 fully saturated rings. The average Bonchev–Trinajstić information content (AvgIpc) is 2.29. The molecular formula is C12H19NO2. The van der Waals surface area contributed by atoms with Gasteiger partial charge >= 0.3 is 0 Å². The first-order chi connectivity index (χ1) is 7.38. The Kier molecular flexibility index (Phi) is 5.63. The van der Waals surface area contributed by atoms with E-state index in [-0.39, 0.29) is 0 Å². The first-order valence-electron chi connectivity index (χ1n) is 5.34. The number of methoxy groups -OCH3 is 1. The molecule has 0 radical (unpaired) electrons. The van der Waals surface area contributed by atoms with E-state index in [9.17, 15) is 0 Å². The molecule has 0 aliphatic heterocycles. The molecular weight excluding hydrogens is 190 g/mol. The predicted molar refractivity (Wildman–Crippen MR) is 61.4 cm³/mol. The number of para-hydroxylation sites is 2. The van der Waals surface area contributed by atoms with Crippen LogP contribution < -0.4 is 15.2 Å². The zero-order valence-corrected chi connectivity index (χ0v) is 9.24. The van der Waals surface area contributed by atoms with Gasteiger partial charge in [0.05, 0.1) is 13.7 Å². The minimum atomic E-state index is 0.723. The predicted octanol–water partition coefficient (Wildman–Crippen LogP) is 2.20. The Morgan fingerprint density at radius 3 is 2.47 bits per heavy atom. The van der Waals surface area contributed by atoms with Gasteiger partial charge in [-0.05, 0) is 37.9 Å². The Balaban J connectivity index is 2.30. The molecule has 1 aromatic carbocycles. The summed E-state index contributed by atoms with van der Waals surface area (Å²) in [7, 11) is 1.65. The summed E-state index contributed by atoms with van der Waals surface area (Å²) in [5.41, 5.74) is 5.41. The second-order valence-electron chi connectivity index (χ2n) is 3.35. The summed E-state index contributed by atoms with van der Waals surface area (Å²) < 4.78 is 10.8. The maximum atomic E-state index is 5.61. The van der Waals surface area contributed by atoms with E-state index in [1.165, 1.54) is 0 Å². The highest BCUT2D eigenvalue weighted by molar-refractivity contribution is 5.39. The topological polar surface area (TPSA) is 44.5 Å². The number of nitrogens with two attached hydrogens (primary N) is 1. The van der Waals surface area contributed by atoms with Gasteiger partial charge in [-0.2, -0.15) is 0 Å². The van der Waals surface area contributed by atoms with E-state index in [1.807, 2.05) is 24.3 Å². The number of hydrogen-bond donors (Lipinski definition) is 1. The third-order valence-electron chi connectivity index (χ3n) is 2.18. The quantitative estimate of drug-likeness (QED) is 0.700. The summed E-state index contributed by atoms with van der Waals surface area (Å²) in [4.78, 5) is 0. The average molecular weight is 209 g/mol. The lowest BCUT2D eigenvalue weighted by atomic mass is 10.2. The molecule has 0 atom stereocenters. The number of unbranched alkanes of at least 4 members (excludes halogenated alkanes) is 2. The molecule has 84 valence electrons. The molecule has 0 saturated carbocycles. The van der Waals surface area contributed by atoms with Gasteiger partial charge in [-0.3, -0.25) is 0 Å². The van der Waals surface area contributed by atoms with Gasteiger partial charge in [0.15, 0.2) is 11.5 Å². The summed E-state index contributed by atoms with van der Waals surface area (Å²) in [6, 6.07) is 7.69. The molecule has 0 aromatic heterocycles. The molecule has 0 amide bonds. The molecule has 3 heteroatoms. The SMILES string of the molecule is COc1ccccc1OCCCCCN. The van der Waals surface area contributed by atoms with E-state index >= 15 is 0 Å². The third-order valence-corrected chi connectivity index (χ3v) is 2.18. The summed E-state index contributed by atoms with van der Waals surface area (Å²) in [5.74, 6) is 1.60. The molecule has 15 heavy (non-hydrogen) atoms. The van der Waals surface area contributed by atoms with Crippen LogP contribution in [0.15, 0.2) is 24.3 Å². The van der Waals surface area contributed by atoms with Crippen molar-refractivity contribution >= 4 is 0 Å². The van der Waals surface area contributed by atoms with Crippen LogP contribution in [0.5, 0.6) is 11.5 Å². The van der Waals surface area contributed by atoms with Gasteiger partial charge in [0.25, 0.3) is 0 Å². The Morgan fingerprint density at radius 2 is 1.80 bits per heavy atom. The number of benzene rings is 1. The number of ether oxygens (including phenoxy) is 2. The van der Waals surface area contributed by atoms with Crippen LogP contribution in [0.4, 0.5) is 0 Å². The second-order valence-corrected chi connectivity index (χ2v) is 3.35. The molecule has 0 spiro atoms. The lowest BCUT2D eigenvalue weighted by molar-refractivity contribution is 0.285. The van der Waals surface area contributed by atoms with Crippen LogP contribution in [-0.4, -0.2) is 20.3 Å². The fourth-order valence-electron chi connectivity index (χ4n) is 1.34. The molecule has 1 aromatic rings. The van der Waals surface area contributed by atoms with Crippen molar-refractivity contribution in [3.63, 3.8) is 0 Å². The Hall–Kier alpha value is -1.22. The summed E-state index contributed by atoms with van der Waals surface area (Å²) in [6.45, 7) is 1.48. The Labute approximate surface area is 91.2 Å². The highest BCUT2D eigenvalue weighted by atomic mass is 16.5. The van der Waals surface area contributed by atoms with Gasteiger partial charge in [0.1, 0.15) is 0 Å². The minimum Gasteiger partial charge on any atom is -0.493 e. The van der Waals surface area contributed by atoms with Crippen molar-refractivity contribution in [2.24, 2.45) is 5.73 Å². The van der Waals surface area contributed by atoms with Crippen molar-refractivity contribution in [3.05, 3.63) is 24.3 Å². The van der Waals surface area contributed by atoms with E-state index in [0.717, 1.165) is 43.9 Å². The zero-order chi connectivity index (χ0) is 10.9. The molecule has 0 heterocycles. The van der Waals surface area contributed by atoms with Crippen molar-refractivity contribution in [3.8, 4) is 11.5 Å². The highest BCUT2D eigenvalue weighted by Gasteiger charge is 2.01. The van der Waals surface area contributed by atoms with Gasteiger partial charge in [0, 0.05) is 0 Å². The number of hydrogen-bond acceptors (Lipinski definition) is 3. The van der Waals surface area contributed by atoms with Crippen LogP contribution in [0.3, 0.4) is 0 Å². The smallest absolute Gasteiger partial charge is 0.161 e. The molecule has 3 nitrogen and oxygen atoms in total. The van der Waals surface area contributed by atoms with Gasteiger partial charge < -0.3 is 15.2 Å². The summed E-state index contributed by atoms with van der Waals surface area (Å²) in [5, 5.41) is 0. The molecule has 2 N–H and O–H groups in total. The van der Waals surface area contributed by atoms with Gasteiger partial charge in [-0.25, -0.2) is 0 Å². The maximum absolute atomic E-state index is 5.61. The Bertz CT molecular complexity index is 276. The number of rotatable bonds is 7. The fourth-order valence-corrected chi connectivity index (χ4v) is 1.34. The molecule has 0 aliphatic carbocycles. The molecule has 0 unspecified atom stereocenters. The normalized spacial score (nSPS) is 10.0. The van der Waals surface area contributed by atoms with Crippen LogP contribution in [-0.2, 0) is 0 Å². The van der Waals surface area contributed by atoms with Crippen molar-refractivity contribution in [2.45, 2.75) is 19.3 Å². The monoisotopic (exact) mass is 209 g/mol. The van der Waals surface area contributed by atoms with Crippen molar-refractivity contribution < 1.29 is 9.47 Å². The van der Waals surface area contributed by atoms with Gasteiger partial charge in [-0.15, -0.1) is 0 Å². The van der Waals surface area contributed by atoms with Crippen molar-refractivity contribution in [1.29, 1.82) is 0 Å². The van der Waals surface area contributed by atoms with Crippen molar-refractivity contribution in [1.82, 2.24) is 0 Å². The minimum absolute atomic E-state index is 0.723. The van der Waals surface area contributed by atoms with E-state index in [4.69, 9.17) is 15.2 Å². The summed E-state index contributed by atoms with van der Waals surface area (Å²) >= 11 is 0. The standard InChI is InChI=1S/C12H19NO2/c1-14-11-7-3-4-8-12(11)15-10-6-2-5-9-13/h3-4,7-8H,2,5-6,9-10,13H2,1H3. The van der Waals surface area contributed by atoms with Gasteiger partial charge in [-0.1, -0.05) is 12.1 Å². The largest absolute Gasteiger partial charge is 0.493 e. The second kappa shape index (κ2) is 7.12. The summed E-state index contributed by atoms with van der Waals surface area (Å²) in [6.07, 6.45) is 3.22. The zero-order valence-electron chi connectivity index (χ0n) is 9.24. The van der Waals surface area contributed by atoms with E-state index < -0.39 is 0 Å². The lowest BCUT2D eigenvalue weighted by Crippen LogP contribution is -2.02. The first kappa shape index (κ1) is 11.9. The maximum Gasteiger partial charge on any atom is 0.161 e. The van der Waals surface area contributed by atoms with Crippen LogP contribution in [0, 0.1) is 0 Å². The van der Waals surface area contributed by atoms with Crippen LogP contribution in [0.1, 0.15) is 19.3 Å². The van der Waals surface area contributed by atoms with E-state index in [1.54, 1.807) is 7.11 Å². The molecule has 1 rings (SSSR count). The Morgan fingerprint density at radius 1 is 1.07 bits per heavy atom. The van der Waals surface area contributed by atoms with E-state index in [0.29, 0.717) is 0 Å². The molecule has 0 bridgehead atoms. The molecule has 0 saturated heterocycles. The first-order valence-corrected chi connectivity index (χ1v) is 5.34. The van der Waals surface area contributed by atoms with E-state index in [2.05, 4.69) is 0 Å².